The van der Waals surface area contributed by atoms with Gasteiger partial charge in [0.1, 0.15) is 11.4 Å². The van der Waals surface area contributed by atoms with E-state index in [9.17, 15) is 9.90 Å². The summed E-state index contributed by atoms with van der Waals surface area (Å²) >= 11 is 1.38. The molecule has 0 fully saturated rings. The van der Waals surface area contributed by atoms with Crippen LogP contribution in [0.3, 0.4) is 0 Å². The topological polar surface area (TPSA) is 87.4 Å². The number of furan rings is 1. The first-order chi connectivity index (χ1) is 11.5. The fourth-order valence-electron chi connectivity index (χ4n) is 2.13. The second kappa shape index (κ2) is 6.86. The molecule has 0 radical (unpaired) electrons. The summed E-state index contributed by atoms with van der Waals surface area (Å²) in [6, 6.07) is 12.7. The molecule has 0 aliphatic heterocycles. The first-order valence-electron chi connectivity index (χ1n) is 7.37. The highest BCUT2D eigenvalue weighted by molar-refractivity contribution is 7.19. The molecule has 6 nitrogen and oxygen atoms in total. The first kappa shape index (κ1) is 16.2. The van der Waals surface area contributed by atoms with Crippen molar-refractivity contribution in [2.75, 3.05) is 11.9 Å². The second-order valence-corrected chi connectivity index (χ2v) is 6.49. The second-order valence-electron chi connectivity index (χ2n) is 5.45. The van der Waals surface area contributed by atoms with Gasteiger partial charge in [0.2, 0.25) is 0 Å². The molecule has 1 aromatic carbocycles. The highest BCUT2D eigenvalue weighted by Crippen LogP contribution is 2.28. The first-order valence-corrected chi connectivity index (χ1v) is 8.19. The number of aromatic nitrogens is 1. The van der Waals surface area contributed by atoms with Gasteiger partial charge in [0.05, 0.1) is 17.7 Å². The average molecular weight is 343 g/mol. The smallest absolute Gasteiger partial charge is 0.321 e. The lowest BCUT2D eigenvalue weighted by atomic mass is 10.0. The van der Waals surface area contributed by atoms with Crippen molar-refractivity contribution in [3.05, 3.63) is 60.7 Å². The predicted octanol–water partition coefficient (Wildman–Crippen LogP) is 3.43. The van der Waals surface area contributed by atoms with E-state index in [0.29, 0.717) is 10.9 Å². The van der Waals surface area contributed by atoms with Gasteiger partial charge in [-0.15, -0.1) is 0 Å². The molecule has 2 amide bonds. The number of hydrogen-bond acceptors (Lipinski definition) is 5. The minimum absolute atomic E-state index is 0.0171. The van der Waals surface area contributed by atoms with E-state index in [1.165, 1.54) is 17.6 Å². The van der Waals surface area contributed by atoms with E-state index in [2.05, 4.69) is 15.6 Å². The third kappa shape index (κ3) is 3.81. The van der Waals surface area contributed by atoms with Gasteiger partial charge >= 0.3 is 6.03 Å². The lowest BCUT2D eigenvalue weighted by Gasteiger charge is -2.20. The van der Waals surface area contributed by atoms with Gasteiger partial charge in [-0.1, -0.05) is 41.7 Å². The van der Waals surface area contributed by atoms with Gasteiger partial charge in [0, 0.05) is 6.20 Å². The van der Waals surface area contributed by atoms with Crippen molar-refractivity contribution in [2.45, 2.75) is 12.5 Å². The molecule has 2 aromatic heterocycles. The summed E-state index contributed by atoms with van der Waals surface area (Å²) in [5, 5.41) is 16.1. The average Bonchev–Trinajstić information content (AvgIpc) is 3.26. The molecule has 1 unspecified atom stereocenters. The zero-order chi connectivity index (χ0) is 17.0. The number of amides is 2. The maximum atomic E-state index is 12.0. The number of carbonyl (C=O) groups excluding carboxylic acids is 1. The molecule has 3 aromatic rings. The Morgan fingerprint density at radius 3 is 2.79 bits per heavy atom. The van der Waals surface area contributed by atoms with Gasteiger partial charge in [-0.25, -0.2) is 9.78 Å². The van der Waals surface area contributed by atoms with Crippen molar-refractivity contribution in [2.24, 2.45) is 0 Å². The summed E-state index contributed by atoms with van der Waals surface area (Å²) in [6.07, 6.45) is 3.19. The van der Waals surface area contributed by atoms with Crippen molar-refractivity contribution in [3.63, 3.8) is 0 Å². The Kier molecular flexibility index (Phi) is 4.64. The van der Waals surface area contributed by atoms with Crippen LogP contribution in [0.5, 0.6) is 0 Å². The lowest BCUT2D eigenvalue weighted by Crippen LogP contribution is -2.40. The number of hydrogen-bond donors (Lipinski definition) is 3. The lowest BCUT2D eigenvalue weighted by molar-refractivity contribution is 0.0372. The summed E-state index contributed by atoms with van der Waals surface area (Å²) in [4.78, 5) is 17.1. The highest BCUT2D eigenvalue weighted by atomic mass is 32.1. The van der Waals surface area contributed by atoms with E-state index < -0.39 is 11.6 Å². The van der Waals surface area contributed by atoms with Gasteiger partial charge in [0.15, 0.2) is 5.13 Å². The Morgan fingerprint density at radius 1 is 1.29 bits per heavy atom. The Bertz CT molecular complexity index is 798. The molecule has 0 bridgehead atoms. The Morgan fingerprint density at radius 2 is 2.08 bits per heavy atom. The SMILES string of the molecule is CC(O)(CNC(=O)Nc1ncc(-c2ccccc2)s1)c1ccco1. The molecular weight excluding hydrogens is 326 g/mol. The van der Waals surface area contributed by atoms with E-state index in [1.807, 2.05) is 30.3 Å². The Hall–Kier alpha value is -2.64. The standard InChI is InChI=1S/C17H17N3O3S/c1-17(22,14-8-5-9-23-14)11-19-15(21)20-16-18-10-13(24-16)12-6-3-2-4-7-12/h2-10,22H,11H2,1H3,(H2,18,19,20,21). The summed E-state index contributed by atoms with van der Waals surface area (Å²) < 4.78 is 5.17. The maximum absolute atomic E-state index is 12.0. The zero-order valence-electron chi connectivity index (χ0n) is 13.0. The van der Waals surface area contributed by atoms with Crippen LogP contribution in [0.4, 0.5) is 9.93 Å². The monoisotopic (exact) mass is 343 g/mol. The number of aliphatic hydroxyl groups is 1. The van der Waals surface area contributed by atoms with E-state index in [4.69, 9.17) is 4.42 Å². The number of anilines is 1. The van der Waals surface area contributed by atoms with Crippen LogP contribution in [0.15, 0.2) is 59.3 Å². The molecule has 0 aliphatic rings. The summed E-state index contributed by atoms with van der Waals surface area (Å²) in [5.41, 5.74) is -0.233. The van der Waals surface area contributed by atoms with Crippen molar-refractivity contribution in [1.29, 1.82) is 0 Å². The normalized spacial score (nSPS) is 13.2. The maximum Gasteiger partial charge on any atom is 0.321 e. The van der Waals surface area contributed by atoms with E-state index in [-0.39, 0.29) is 6.54 Å². The van der Waals surface area contributed by atoms with Crippen LogP contribution in [-0.4, -0.2) is 22.7 Å². The van der Waals surface area contributed by atoms with Gasteiger partial charge in [-0.3, -0.25) is 5.32 Å². The molecule has 3 rings (SSSR count). The summed E-state index contributed by atoms with van der Waals surface area (Å²) in [5.74, 6) is 0.392. The Balaban J connectivity index is 1.57. The molecule has 0 saturated carbocycles. The Labute approximate surface area is 143 Å². The fraction of sp³-hybridized carbons (Fsp3) is 0.176. The fourth-order valence-corrected chi connectivity index (χ4v) is 2.95. The number of thiazole rings is 1. The number of benzene rings is 1. The molecule has 24 heavy (non-hydrogen) atoms. The van der Waals surface area contributed by atoms with Crippen molar-refractivity contribution in [1.82, 2.24) is 10.3 Å². The number of nitrogens with one attached hydrogen (secondary N) is 2. The van der Waals surface area contributed by atoms with Gasteiger partial charge in [0.25, 0.3) is 0 Å². The zero-order valence-corrected chi connectivity index (χ0v) is 13.8. The van der Waals surface area contributed by atoms with Crippen LogP contribution >= 0.6 is 11.3 Å². The third-order valence-corrected chi connectivity index (χ3v) is 4.39. The van der Waals surface area contributed by atoms with Crippen molar-refractivity contribution >= 4 is 22.5 Å². The van der Waals surface area contributed by atoms with Crippen LogP contribution in [0.25, 0.3) is 10.4 Å². The quantitative estimate of drug-likeness (QED) is 0.662. The molecule has 0 saturated heterocycles. The largest absolute Gasteiger partial charge is 0.466 e. The van der Waals surface area contributed by atoms with Crippen molar-refractivity contribution < 1.29 is 14.3 Å². The van der Waals surface area contributed by atoms with E-state index in [1.54, 1.807) is 25.3 Å². The van der Waals surface area contributed by atoms with Crippen LogP contribution in [0, 0.1) is 0 Å². The molecule has 0 aliphatic carbocycles. The number of nitrogens with zero attached hydrogens (tertiary/aromatic N) is 1. The number of urea groups is 1. The molecular formula is C17H17N3O3S. The highest BCUT2D eigenvalue weighted by Gasteiger charge is 2.26. The number of carbonyl (C=O) groups is 1. The molecule has 2 heterocycles. The third-order valence-electron chi connectivity index (χ3n) is 3.43. The van der Waals surface area contributed by atoms with E-state index in [0.717, 1.165) is 10.4 Å². The number of rotatable bonds is 5. The van der Waals surface area contributed by atoms with Crippen molar-refractivity contribution in [3.8, 4) is 10.4 Å². The molecule has 7 heteroatoms. The van der Waals surface area contributed by atoms with Gasteiger partial charge in [-0.2, -0.15) is 0 Å². The minimum Gasteiger partial charge on any atom is -0.466 e. The van der Waals surface area contributed by atoms with Gasteiger partial charge in [-0.05, 0) is 24.6 Å². The van der Waals surface area contributed by atoms with Crippen LogP contribution in [0.2, 0.25) is 0 Å². The molecule has 3 N–H and O–H groups in total. The van der Waals surface area contributed by atoms with Gasteiger partial charge < -0.3 is 14.8 Å². The molecule has 1 atom stereocenters. The van der Waals surface area contributed by atoms with Crippen LogP contribution < -0.4 is 10.6 Å². The summed E-state index contributed by atoms with van der Waals surface area (Å²) in [6.45, 7) is 1.59. The predicted molar refractivity (Wildman–Crippen MR) is 92.9 cm³/mol. The van der Waals surface area contributed by atoms with Crippen LogP contribution in [-0.2, 0) is 5.60 Å². The molecule has 124 valence electrons. The summed E-state index contributed by atoms with van der Waals surface area (Å²) in [7, 11) is 0. The molecule has 0 spiro atoms. The van der Waals surface area contributed by atoms with E-state index >= 15 is 0 Å². The minimum atomic E-state index is -1.28. The van der Waals surface area contributed by atoms with Crippen LogP contribution in [0.1, 0.15) is 12.7 Å².